The van der Waals surface area contributed by atoms with E-state index in [1.165, 1.54) is 0 Å². The summed E-state index contributed by atoms with van der Waals surface area (Å²) in [7, 11) is 3.43. The number of carbonyl (C=O) groups excluding carboxylic acids is 1. The van der Waals surface area contributed by atoms with E-state index in [1.54, 1.807) is 19.1 Å². The molecule has 1 unspecified atom stereocenters. The molecule has 5 heteroatoms. The van der Waals surface area contributed by atoms with Gasteiger partial charge < -0.3 is 19.7 Å². The van der Waals surface area contributed by atoms with Crippen LogP contribution in [0.2, 0.25) is 0 Å². The second kappa shape index (κ2) is 6.76. The number of rotatable bonds is 5. The van der Waals surface area contributed by atoms with Crippen LogP contribution >= 0.6 is 0 Å². The smallest absolute Gasteiger partial charge is 0.224 e. The second-order valence-corrected chi connectivity index (χ2v) is 3.74. The van der Waals surface area contributed by atoms with Gasteiger partial charge in [-0.25, -0.2) is 0 Å². The third-order valence-corrected chi connectivity index (χ3v) is 2.48. The summed E-state index contributed by atoms with van der Waals surface area (Å²) in [5.74, 6) is 0.134. The minimum absolute atomic E-state index is 0.134. The van der Waals surface area contributed by atoms with Gasteiger partial charge in [0.2, 0.25) is 5.91 Å². The summed E-state index contributed by atoms with van der Waals surface area (Å²) in [5.41, 5.74) is 0. The van der Waals surface area contributed by atoms with E-state index in [0.717, 1.165) is 13.2 Å². The molecule has 1 rings (SSSR count). The van der Waals surface area contributed by atoms with E-state index in [9.17, 15) is 4.79 Å². The first kappa shape index (κ1) is 12.4. The zero-order chi connectivity index (χ0) is 11.1. The number of morpholine rings is 1. The number of methoxy groups -OCH3 is 1. The number of hydrogen-bond donors (Lipinski definition) is 1. The van der Waals surface area contributed by atoms with Gasteiger partial charge in [-0.05, 0) is 0 Å². The van der Waals surface area contributed by atoms with Crippen molar-refractivity contribution in [1.82, 2.24) is 10.2 Å². The van der Waals surface area contributed by atoms with E-state index in [-0.39, 0.29) is 11.9 Å². The molecule has 0 spiro atoms. The zero-order valence-corrected chi connectivity index (χ0v) is 9.49. The predicted molar refractivity (Wildman–Crippen MR) is 56.7 cm³/mol. The summed E-state index contributed by atoms with van der Waals surface area (Å²) in [6.07, 6.45) is 0.500. The summed E-state index contributed by atoms with van der Waals surface area (Å²) in [6.45, 7) is 3.42. The fourth-order valence-electron chi connectivity index (χ4n) is 1.47. The van der Waals surface area contributed by atoms with Crippen molar-refractivity contribution < 1.29 is 14.3 Å². The Bertz CT molecular complexity index is 193. The third kappa shape index (κ3) is 4.59. The van der Waals surface area contributed by atoms with E-state index in [2.05, 4.69) is 5.32 Å². The van der Waals surface area contributed by atoms with E-state index in [4.69, 9.17) is 9.47 Å². The maximum atomic E-state index is 11.7. The molecule has 0 bridgehead atoms. The van der Waals surface area contributed by atoms with Gasteiger partial charge in [0.1, 0.15) is 0 Å². The third-order valence-electron chi connectivity index (χ3n) is 2.48. The molecule has 15 heavy (non-hydrogen) atoms. The fourth-order valence-corrected chi connectivity index (χ4v) is 1.47. The highest BCUT2D eigenvalue weighted by atomic mass is 16.5. The van der Waals surface area contributed by atoms with Gasteiger partial charge in [-0.2, -0.15) is 0 Å². The van der Waals surface area contributed by atoms with Crippen molar-refractivity contribution in [3.05, 3.63) is 0 Å². The average molecular weight is 216 g/mol. The van der Waals surface area contributed by atoms with Crippen LogP contribution in [0.15, 0.2) is 0 Å². The Labute approximate surface area is 90.7 Å². The Kier molecular flexibility index (Phi) is 5.60. The molecule has 1 aliphatic heterocycles. The van der Waals surface area contributed by atoms with Crippen LogP contribution in [-0.2, 0) is 14.3 Å². The lowest BCUT2D eigenvalue weighted by Crippen LogP contribution is -2.44. The first-order chi connectivity index (χ1) is 7.24. The largest absolute Gasteiger partial charge is 0.383 e. The molecule has 1 amide bonds. The summed E-state index contributed by atoms with van der Waals surface area (Å²) >= 11 is 0. The van der Waals surface area contributed by atoms with E-state index in [1.807, 2.05) is 0 Å². The number of hydrogen-bond acceptors (Lipinski definition) is 4. The Morgan fingerprint density at radius 3 is 3.07 bits per heavy atom. The highest BCUT2D eigenvalue weighted by molar-refractivity contribution is 5.76. The van der Waals surface area contributed by atoms with Crippen LogP contribution in [0.3, 0.4) is 0 Å². The van der Waals surface area contributed by atoms with Crippen LogP contribution in [0.1, 0.15) is 6.42 Å². The molecule has 0 aliphatic carbocycles. The quantitative estimate of drug-likeness (QED) is 0.671. The molecule has 1 fully saturated rings. The number of carbonyl (C=O) groups is 1. The van der Waals surface area contributed by atoms with Crippen molar-refractivity contribution in [3.8, 4) is 0 Å². The van der Waals surface area contributed by atoms with Crippen molar-refractivity contribution in [2.45, 2.75) is 12.5 Å². The molecule has 1 heterocycles. The molecule has 1 atom stereocenters. The fraction of sp³-hybridized carbons (Fsp3) is 0.900. The highest BCUT2D eigenvalue weighted by Crippen LogP contribution is 2.01. The van der Waals surface area contributed by atoms with Gasteiger partial charge >= 0.3 is 0 Å². The van der Waals surface area contributed by atoms with E-state index in [0.29, 0.717) is 26.2 Å². The van der Waals surface area contributed by atoms with Crippen LogP contribution in [0, 0.1) is 0 Å². The van der Waals surface area contributed by atoms with E-state index < -0.39 is 0 Å². The molecule has 0 aromatic rings. The molecule has 0 aromatic heterocycles. The molecule has 1 N–H and O–H groups in total. The lowest BCUT2D eigenvalue weighted by molar-refractivity contribution is -0.131. The summed E-state index contributed by atoms with van der Waals surface area (Å²) in [5, 5.41) is 3.26. The molecule has 5 nitrogen and oxygen atoms in total. The van der Waals surface area contributed by atoms with Crippen molar-refractivity contribution in [1.29, 1.82) is 0 Å². The van der Waals surface area contributed by atoms with Crippen molar-refractivity contribution in [2.75, 3.05) is 47.1 Å². The van der Waals surface area contributed by atoms with Gasteiger partial charge in [-0.1, -0.05) is 0 Å². The monoisotopic (exact) mass is 216 g/mol. The minimum Gasteiger partial charge on any atom is -0.383 e. The first-order valence-electron chi connectivity index (χ1n) is 5.28. The van der Waals surface area contributed by atoms with Crippen LogP contribution in [-0.4, -0.2) is 63.9 Å². The Balaban J connectivity index is 2.20. The van der Waals surface area contributed by atoms with Crippen molar-refractivity contribution >= 4 is 5.91 Å². The standard InChI is InChI=1S/C10H20N2O3/c1-12(4-6-14-2)10(13)7-9-8-15-5-3-11-9/h9,11H,3-8H2,1-2H3. The van der Waals surface area contributed by atoms with Crippen LogP contribution in [0.25, 0.3) is 0 Å². The van der Waals surface area contributed by atoms with Crippen molar-refractivity contribution in [3.63, 3.8) is 0 Å². The normalized spacial score (nSPS) is 21.3. The minimum atomic E-state index is 0.134. The van der Waals surface area contributed by atoms with Crippen LogP contribution in [0.5, 0.6) is 0 Å². The SMILES string of the molecule is COCCN(C)C(=O)CC1COCCN1. The Morgan fingerprint density at radius 1 is 1.67 bits per heavy atom. The van der Waals surface area contributed by atoms with Crippen LogP contribution in [0.4, 0.5) is 0 Å². The van der Waals surface area contributed by atoms with Gasteiger partial charge in [0.25, 0.3) is 0 Å². The van der Waals surface area contributed by atoms with Crippen LogP contribution < -0.4 is 5.32 Å². The molecule has 0 saturated carbocycles. The number of nitrogens with one attached hydrogen (secondary N) is 1. The summed E-state index contributed by atoms with van der Waals surface area (Å²) in [6, 6.07) is 0.163. The molecule has 1 saturated heterocycles. The highest BCUT2D eigenvalue weighted by Gasteiger charge is 2.18. The predicted octanol–water partition coefficient (Wildman–Crippen LogP) is -0.530. The van der Waals surface area contributed by atoms with Gasteiger partial charge in [-0.3, -0.25) is 4.79 Å². The average Bonchev–Trinajstić information content (AvgIpc) is 2.27. The Hall–Kier alpha value is -0.650. The van der Waals surface area contributed by atoms with Gasteiger partial charge in [-0.15, -0.1) is 0 Å². The number of amides is 1. The van der Waals surface area contributed by atoms with Gasteiger partial charge in [0.05, 0.1) is 19.8 Å². The number of likely N-dealkylation sites (N-methyl/N-ethyl adjacent to an activating group) is 1. The maximum Gasteiger partial charge on any atom is 0.224 e. The number of ether oxygens (including phenoxy) is 2. The van der Waals surface area contributed by atoms with Crippen molar-refractivity contribution in [2.24, 2.45) is 0 Å². The second-order valence-electron chi connectivity index (χ2n) is 3.74. The number of nitrogens with zero attached hydrogens (tertiary/aromatic N) is 1. The van der Waals surface area contributed by atoms with E-state index >= 15 is 0 Å². The summed E-state index contributed by atoms with van der Waals surface area (Å²) < 4.78 is 10.2. The molecular weight excluding hydrogens is 196 g/mol. The first-order valence-corrected chi connectivity index (χ1v) is 5.28. The molecule has 1 aliphatic rings. The molecule has 0 aromatic carbocycles. The Morgan fingerprint density at radius 2 is 2.47 bits per heavy atom. The maximum absolute atomic E-state index is 11.7. The lowest BCUT2D eigenvalue weighted by atomic mass is 10.2. The topological polar surface area (TPSA) is 50.8 Å². The van der Waals surface area contributed by atoms with Gasteiger partial charge in [0, 0.05) is 39.7 Å². The molecule has 0 radical (unpaired) electrons. The molecule has 88 valence electrons. The zero-order valence-electron chi connectivity index (χ0n) is 9.49. The van der Waals surface area contributed by atoms with Gasteiger partial charge in [0.15, 0.2) is 0 Å². The lowest BCUT2D eigenvalue weighted by Gasteiger charge is -2.25. The molecular formula is C10H20N2O3. The summed E-state index contributed by atoms with van der Waals surface area (Å²) in [4.78, 5) is 13.4.